The average Bonchev–Trinajstić information content (AvgIpc) is 2.87. The van der Waals surface area contributed by atoms with Gasteiger partial charge in [-0.1, -0.05) is 19.1 Å². The topological polar surface area (TPSA) is 44.1 Å². The average molecular weight is 230 g/mol. The first-order valence-electron chi connectivity index (χ1n) is 5.47. The quantitative estimate of drug-likeness (QED) is 0.758. The highest BCUT2D eigenvalue weighted by Crippen LogP contribution is 2.21. The second-order valence-electron chi connectivity index (χ2n) is 3.62. The van der Waals surface area contributed by atoms with E-state index in [0.717, 1.165) is 11.4 Å². The van der Waals surface area contributed by atoms with Crippen molar-refractivity contribution >= 4 is 5.78 Å². The normalized spacial score (nSPS) is 10.2. The van der Waals surface area contributed by atoms with Crippen LogP contribution in [0.4, 0.5) is 0 Å². The highest BCUT2D eigenvalue weighted by molar-refractivity contribution is 5.95. The van der Waals surface area contributed by atoms with E-state index < -0.39 is 0 Å². The van der Waals surface area contributed by atoms with Crippen molar-refractivity contribution in [3.63, 3.8) is 0 Å². The van der Waals surface area contributed by atoms with Crippen molar-refractivity contribution in [2.45, 2.75) is 13.3 Å². The van der Waals surface area contributed by atoms with Crippen LogP contribution in [0.15, 0.2) is 36.7 Å². The number of nitrogens with zero attached hydrogens (tertiary/aromatic N) is 2. The minimum atomic E-state index is 0.0890. The van der Waals surface area contributed by atoms with Crippen LogP contribution < -0.4 is 4.74 Å². The number of ether oxygens (including phenoxy) is 1. The summed E-state index contributed by atoms with van der Waals surface area (Å²) in [6, 6.07) is 7.55. The van der Waals surface area contributed by atoms with Gasteiger partial charge in [0.05, 0.1) is 18.9 Å². The van der Waals surface area contributed by atoms with E-state index >= 15 is 0 Å². The van der Waals surface area contributed by atoms with Crippen LogP contribution in [-0.2, 0) is 0 Å². The molecule has 1 heterocycles. The number of benzene rings is 1. The van der Waals surface area contributed by atoms with Gasteiger partial charge in [0, 0.05) is 12.6 Å². The molecular weight excluding hydrogens is 216 g/mol. The van der Waals surface area contributed by atoms with Crippen molar-refractivity contribution in [3.05, 3.63) is 42.2 Å². The lowest BCUT2D eigenvalue weighted by Gasteiger charge is -2.07. The monoisotopic (exact) mass is 230 g/mol. The summed E-state index contributed by atoms with van der Waals surface area (Å²) in [6.45, 7) is 1.84. The summed E-state index contributed by atoms with van der Waals surface area (Å²) in [7, 11) is 1.61. The van der Waals surface area contributed by atoms with Gasteiger partial charge in [-0.15, -0.1) is 0 Å². The Morgan fingerprint density at radius 3 is 2.88 bits per heavy atom. The Kier molecular flexibility index (Phi) is 3.23. The summed E-state index contributed by atoms with van der Waals surface area (Å²) in [5.41, 5.74) is 1.45. The minimum Gasteiger partial charge on any atom is -0.494 e. The van der Waals surface area contributed by atoms with Gasteiger partial charge in [-0.25, -0.2) is 4.68 Å². The molecule has 0 unspecified atom stereocenters. The van der Waals surface area contributed by atoms with Crippen molar-refractivity contribution < 1.29 is 9.53 Å². The van der Waals surface area contributed by atoms with Gasteiger partial charge in [0.15, 0.2) is 5.78 Å². The molecule has 0 aliphatic carbocycles. The number of carbonyl (C=O) groups excluding carboxylic acids is 1. The Morgan fingerprint density at radius 1 is 1.41 bits per heavy atom. The zero-order chi connectivity index (χ0) is 12.3. The fourth-order valence-corrected chi connectivity index (χ4v) is 1.62. The van der Waals surface area contributed by atoms with Crippen molar-refractivity contribution in [1.82, 2.24) is 9.78 Å². The number of Topliss-reactive ketones (excluding diaryl/α,β-unsaturated/α-hetero) is 1. The number of rotatable bonds is 4. The number of hydrogen-bond donors (Lipinski definition) is 0. The first-order chi connectivity index (χ1) is 8.26. The van der Waals surface area contributed by atoms with Crippen LogP contribution in [0.25, 0.3) is 5.69 Å². The third-order valence-corrected chi connectivity index (χ3v) is 2.56. The molecule has 1 aromatic heterocycles. The van der Waals surface area contributed by atoms with E-state index in [-0.39, 0.29) is 5.78 Å². The van der Waals surface area contributed by atoms with Crippen LogP contribution in [-0.4, -0.2) is 22.7 Å². The molecule has 2 aromatic rings. The van der Waals surface area contributed by atoms with Crippen LogP contribution in [0.3, 0.4) is 0 Å². The van der Waals surface area contributed by atoms with Crippen molar-refractivity contribution in [3.8, 4) is 11.4 Å². The summed E-state index contributed by atoms with van der Waals surface area (Å²) >= 11 is 0. The zero-order valence-corrected chi connectivity index (χ0v) is 9.88. The molecule has 0 atom stereocenters. The third-order valence-electron chi connectivity index (χ3n) is 2.56. The number of hydrogen-bond acceptors (Lipinski definition) is 3. The third kappa shape index (κ3) is 2.20. The van der Waals surface area contributed by atoms with E-state index in [9.17, 15) is 4.79 Å². The minimum absolute atomic E-state index is 0.0890. The van der Waals surface area contributed by atoms with Crippen LogP contribution in [0.2, 0.25) is 0 Å². The van der Waals surface area contributed by atoms with Gasteiger partial charge in [0.1, 0.15) is 11.4 Å². The molecule has 0 spiro atoms. The molecule has 0 N–H and O–H groups in total. The summed E-state index contributed by atoms with van der Waals surface area (Å²) < 4.78 is 6.90. The first-order valence-corrected chi connectivity index (χ1v) is 5.47. The number of ketones is 1. The molecule has 0 saturated carbocycles. The lowest BCUT2D eigenvalue weighted by atomic mass is 10.2. The largest absolute Gasteiger partial charge is 0.494 e. The Balaban J connectivity index is 2.40. The van der Waals surface area contributed by atoms with E-state index in [1.165, 1.54) is 0 Å². The second-order valence-corrected chi connectivity index (χ2v) is 3.62. The molecular formula is C13H14N2O2. The molecule has 0 amide bonds. The molecule has 4 nitrogen and oxygen atoms in total. The molecule has 0 radical (unpaired) electrons. The summed E-state index contributed by atoms with van der Waals surface area (Å²) in [5, 5.41) is 4.18. The highest BCUT2D eigenvalue weighted by Gasteiger charge is 2.09. The maximum absolute atomic E-state index is 11.5. The van der Waals surface area contributed by atoms with Gasteiger partial charge in [-0.05, 0) is 12.1 Å². The van der Waals surface area contributed by atoms with Gasteiger partial charge in [-0.3, -0.25) is 4.79 Å². The van der Waals surface area contributed by atoms with Crippen LogP contribution in [0.5, 0.6) is 5.75 Å². The summed E-state index contributed by atoms with van der Waals surface area (Å²) in [5.74, 6) is 0.817. The molecule has 0 aliphatic rings. The number of methoxy groups -OCH3 is 1. The smallest absolute Gasteiger partial charge is 0.165 e. The predicted octanol–water partition coefficient (Wildman–Crippen LogP) is 2.47. The maximum Gasteiger partial charge on any atom is 0.165 e. The van der Waals surface area contributed by atoms with E-state index in [0.29, 0.717) is 12.0 Å². The lowest BCUT2D eigenvalue weighted by molar-refractivity contribution is 0.0988. The van der Waals surface area contributed by atoms with Crippen LogP contribution in [0.1, 0.15) is 23.7 Å². The van der Waals surface area contributed by atoms with Crippen LogP contribution >= 0.6 is 0 Å². The standard InChI is InChI=1S/C13H14N2O2/c1-3-12(16)10-8-14-15(9-10)11-6-4-5-7-13(11)17-2/h4-9H,3H2,1-2H3. The molecule has 88 valence electrons. The Hall–Kier alpha value is -2.10. The van der Waals surface area contributed by atoms with Crippen molar-refractivity contribution in [1.29, 1.82) is 0 Å². The van der Waals surface area contributed by atoms with Gasteiger partial charge < -0.3 is 4.74 Å². The molecule has 0 saturated heterocycles. The second kappa shape index (κ2) is 4.82. The van der Waals surface area contributed by atoms with E-state index in [4.69, 9.17) is 4.74 Å². The summed E-state index contributed by atoms with van der Waals surface area (Å²) in [4.78, 5) is 11.5. The van der Waals surface area contributed by atoms with Crippen LogP contribution in [0, 0.1) is 0 Å². The molecule has 4 heteroatoms. The maximum atomic E-state index is 11.5. The predicted molar refractivity (Wildman–Crippen MR) is 64.7 cm³/mol. The molecule has 1 aromatic carbocycles. The van der Waals surface area contributed by atoms with Crippen molar-refractivity contribution in [2.24, 2.45) is 0 Å². The lowest BCUT2D eigenvalue weighted by Crippen LogP contribution is -1.98. The Labute approximate surface area is 99.8 Å². The number of para-hydroxylation sites is 2. The molecule has 0 bridgehead atoms. The van der Waals surface area contributed by atoms with E-state index in [1.54, 1.807) is 24.2 Å². The summed E-state index contributed by atoms with van der Waals surface area (Å²) in [6.07, 6.45) is 3.79. The van der Waals surface area contributed by atoms with Gasteiger partial charge in [-0.2, -0.15) is 5.10 Å². The molecule has 0 aliphatic heterocycles. The number of carbonyl (C=O) groups is 1. The van der Waals surface area contributed by atoms with E-state index in [2.05, 4.69) is 5.10 Å². The van der Waals surface area contributed by atoms with E-state index in [1.807, 2.05) is 31.2 Å². The first kappa shape index (κ1) is 11.4. The van der Waals surface area contributed by atoms with Gasteiger partial charge in [0.25, 0.3) is 0 Å². The van der Waals surface area contributed by atoms with Crippen molar-refractivity contribution in [2.75, 3.05) is 7.11 Å². The Morgan fingerprint density at radius 2 is 2.18 bits per heavy atom. The Bertz CT molecular complexity index is 532. The SMILES string of the molecule is CCC(=O)c1cnn(-c2ccccc2OC)c1. The van der Waals surface area contributed by atoms with Gasteiger partial charge >= 0.3 is 0 Å². The fraction of sp³-hybridized carbons (Fsp3) is 0.231. The highest BCUT2D eigenvalue weighted by atomic mass is 16.5. The molecule has 0 fully saturated rings. The molecule has 17 heavy (non-hydrogen) atoms. The zero-order valence-electron chi connectivity index (χ0n) is 9.88. The molecule has 2 rings (SSSR count). The number of aromatic nitrogens is 2. The fourth-order valence-electron chi connectivity index (χ4n) is 1.62. The van der Waals surface area contributed by atoms with Gasteiger partial charge in [0.2, 0.25) is 0 Å².